The van der Waals surface area contributed by atoms with E-state index >= 15 is 0 Å². The zero-order valence-electron chi connectivity index (χ0n) is 11.1. The van der Waals surface area contributed by atoms with Crippen LogP contribution in [0, 0.1) is 16.0 Å². The summed E-state index contributed by atoms with van der Waals surface area (Å²) in [6.07, 6.45) is 0.145. The Morgan fingerprint density at radius 2 is 2.19 bits per heavy atom. The molecule has 0 heterocycles. The largest absolute Gasteiger partial charge is 0.506 e. The number of aromatic hydroxyl groups is 1. The van der Waals surface area contributed by atoms with Crippen molar-refractivity contribution in [3.05, 3.63) is 28.3 Å². The van der Waals surface area contributed by atoms with Crippen molar-refractivity contribution in [1.82, 2.24) is 0 Å². The third-order valence-electron chi connectivity index (χ3n) is 3.33. The van der Waals surface area contributed by atoms with Crippen LogP contribution in [0.3, 0.4) is 0 Å². The van der Waals surface area contributed by atoms with E-state index in [0.29, 0.717) is 0 Å². The molecular formula is C12H14N2O6S. The minimum atomic E-state index is -3.47. The summed E-state index contributed by atoms with van der Waals surface area (Å²) in [6, 6.07) is 2.64. The van der Waals surface area contributed by atoms with Gasteiger partial charge in [0.05, 0.1) is 16.3 Å². The van der Waals surface area contributed by atoms with Crippen LogP contribution in [0.4, 0.5) is 5.69 Å². The molecule has 1 aromatic carbocycles. The predicted octanol–water partition coefficient (Wildman–Crippen LogP) is 0.789. The molecule has 114 valence electrons. The zero-order valence-corrected chi connectivity index (χ0v) is 12.0. The van der Waals surface area contributed by atoms with Gasteiger partial charge in [0.1, 0.15) is 11.7 Å². The molecule has 0 bridgehead atoms. The molecule has 0 aliphatic heterocycles. The van der Waals surface area contributed by atoms with Crippen LogP contribution < -0.4 is 5.32 Å². The number of rotatable bonds is 5. The summed E-state index contributed by atoms with van der Waals surface area (Å²) in [4.78, 5) is 21.8. The fraction of sp³-hybridized carbons (Fsp3) is 0.417. The zero-order chi connectivity index (χ0) is 15.8. The highest BCUT2D eigenvalue weighted by atomic mass is 32.2. The molecular weight excluding hydrogens is 300 g/mol. The maximum Gasteiger partial charge on any atom is 0.234 e. The van der Waals surface area contributed by atoms with Gasteiger partial charge in [-0.15, -0.1) is 0 Å². The summed E-state index contributed by atoms with van der Waals surface area (Å²) >= 11 is 0. The number of amides is 1. The number of benzene rings is 1. The Balaban J connectivity index is 2.19. The molecule has 1 saturated carbocycles. The van der Waals surface area contributed by atoms with E-state index in [4.69, 9.17) is 0 Å². The lowest BCUT2D eigenvalue weighted by atomic mass is 10.2. The second-order valence-electron chi connectivity index (χ2n) is 4.77. The van der Waals surface area contributed by atoms with E-state index in [1.807, 2.05) is 0 Å². The average molecular weight is 314 g/mol. The highest BCUT2D eigenvalue weighted by Crippen LogP contribution is 2.35. The number of sulfone groups is 1. The molecule has 2 rings (SSSR count). The molecule has 8 nitrogen and oxygen atoms in total. The van der Waals surface area contributed by atoms with Crippen molar-refractivity contribution in [2.45, 2.75) is 24.3 Å². The maximum atomic E-state index is 11.8. The molecule has 1 aliphatic carbocycles. The van der Waals surface area contributed by atoms with Gasteiger partial charge in [-0.3, -0.25) is 14.9 Å². The first kappa shape index (κ1) is 15.2. The van der Waals surface area contributed by atoms with E-state index in [1.54, 1.807) is 0 Å². The number of carbonyl (C=O) groups excluding carboxylic acids is 1. The Hall–Kier alpha value is -2.16. The Bertz CT molecular complexity index is 700. The SMILES string of the molecule is CCS(=O)(=O)c1ccc(O)c(NC(=O)[C@H]2C[C@H]2[N+](=O)[O-])c1. The van der Waals surface area contributed by atoms with E-state index in [9.17, 15) is 28.4 Å². The molecule has 0 radical (unpaired) electrons. The lowest BCUT2D eigenvalue weighted by molar-refractivity contribution is -0.497. The Kier molecular flexibility index (Phi) is 3.86. The van der Waals surface area contributed by atoms with Crippen molar-refractivity contribution in [1.29, 1.82) is 0 Å². The minimum absolute atomic E-state index is 0.0280. The van der Waals surface area contributed by atoms with Gasteiger partial charge in [0.25, 0.3) is 0 Å². The average Bonchev–Trinajstić information content (AvgIpc) is 3.21. The van der Waals surface area contributed by atoms with E-state index in [-0.39, 0.29) is 28.5 Å². The first-order chi connectivity index (χ1) is 9.76. The highest BCUT2D eigenvalue weighted by molar-refractivity contribution is 7.91. The molecule has 9 heteroatoms. The van der Waals surface area contributed by atoms with Crippen LogP contribution in [0.1, 0.15) is 13.3 Å². The second-order valence-corrected chi connectivity index (χ2v) is 7.04. The van der Waals surface area contributed by atoms with Crippen LogP contribution in [0.15, 0.2) is 23.1 Å². The summed E-state index contributed by atoms with van der Waals surface area (Å²) < 4.78 is 23.5. The van der Waals surface area contributed by atoms with Crippen LogP contribution in [0.2, 0.25) is 0 Å². The van der Waals surface area contributed by atoms with Gasteiger partial charge in [0, 0.05) is 11.3 Å². The quantitative estimate of drug-likeness (QED) is 0.470. The fourth-order valence-corrected chi connectivity index (χ4v) is 2.80. The smallest absolute Gasteiger partial charge is 0.234 e. The van der Waals surface area contributed by atoms with Crippen molar-refractivity contribution < 1.29 is 23.2 Å². The molecule has 1 aromatic rings. The van der Waals surface area contributed by atoms with Gasteiger partial charge in [-0.2, -0.15) is 0 Å². The van der Waals surface area contributed by atoms with Gasteiger partial charge in [-0.05, 0) is 18.2 Å². The first-order valence-corrected chi connectivity index (χ1v) is 7.91. The molecule has 0 unspecified atom stereocenters. The number of hydrogen-bond acceptors (Lipinski definition) is 6. The Morgan fingerprint density at radius 1 is 1.52 bits per heavy atom. The van der Waals surface area contributed by atoms with Gasteiger partial charge in [0.15, 0.2) is 9.84 Å². The third kappa shape index (κ3) is 3.13. The summed E-state index contributed by atoms with van der Waals surface area (Å²) in [5.74, 6) is -1.75. The van der Waals surface area contributed by atoms with E-state index < -0.39 is 32.6 Å². The van der Waals surface area contributed by atoms with Gasteiger partial charge in [-0.25, -0.2) is 8.42 Å². The molecule has 2 atom stereocenters. The number of carbonyl (C=O) groups is 1. The van der Waals surface area contributed by atoms with Crippen LogP contribution in [0.25, 0.3) is 0 Å². The molecule has 0 aromatic heterocycles. The van der Waals surface area contributed by atoms with Crippen molar-refractivity contribution >= 4 is 21.4 Å². The number of anilines is 1. The molecule has 1 aliphatic rings. The van der Waals surface area contributed by atoms with Crippen molar-refractivity contribution in [3.8, 4) is 5.75 Å². The van der Waals surface area contributed by atoms with Crippen molar-refractivity contribution in [2.24, 2.45) is 5.92 Å². The van der Waals surface area contributed by atoms with Crippen LogP contribution >= 0.6 is 0 Å². The second kappa shape index (κ2) is 5.32. The monoisotopic (exact) mass is 314 g/mol. The van der Waals surface area contributed by atoms with Gasteiger partial charge < -0.3 is 10.4 Å². The summed E-state index contributed by atoms with van der Waals surface area (Å²) in [7, 11) is -3.47. The Labute approximate surface area is 120 Å². The molecule has 2 N–H and O–H groups in total. The third-order valence-corrected chi connectivity index (χ3v) is 5.06. The Morgan fingerprint density at radius 3 is 2.71 bits per heavy atom. The summed E-state index contributed by atoms with van der Waals surface area (Å²) in [5, 5.41) is 22.5. The first-order valence-electron chi connectivity index (χ1n) is 6.26. The summed E-state index contributed by atoms with van der Waals surface area (Å²) in [6.45, 7) is 1.48. The maximum absolute atomic E-state index is 11.8. The number of nitro groups is 1. The molecule has 0 saturated heterocycles. The van der Waals surface area contributed by atoms with Crippen molar-refractivity contribution in [3.63, 3.8) is 0 Å². The minimum Gasteiger partial charge on any atom is -0.506 e. The molecule has 1 fully saturated rings. The number of nitrogens with zero attached hydrogens (tertiary/aromatic N) is 1. The lowest BCUT2D eigenvalue weighted by Gasteiger charge is -2.09. The molecule has 1 amide bonds. The van der Waals surface area contributed by atoms with Gasteiger partial charge in [0.2, 0.25) is 11.9 Å². The number of nitrogens with one attached hydrogen (secondary N) is 1. The summed E-state index contributed by atoms with van der Waals surface area (Å²) in [5.41, 5.74) is -0.0662. The van der Waals surface area contributed by atoms with E-state index in [2.05, 4.69) is 5.32 Å². The number of phenols is 1. The van der Waals surface area contributed by atoms with Crippen LogP contribution in [-0.2, 0) is 14.6 Å². The molecule has 0 spiro atoms. The normalized spacial score (nSPS) is 20.8. The van der Waals surface area contributed by atoms with E-state index in [1.165, 1.54) is 13.0 Å². The number of phenolic OH excluding ortho intramolecular Hbond substituents is 1. The topological polar surface area (TPSA) is 127 Å². The van der Waals surface area contributed by atoms with Crippen LogP contribution in [-0.4, -0.2) is 36.1 Å². The van der Waals surface area contributed by atoms with Crippen molar-refractivity contribution in [2.75, 3.05) is 11.1 Å². The van der Waals surface area contributed by atoms with Crippen LogP contribution in [0.5, 0.6) is 5.75 Å². The van der Waals surface area contributed by atoms with E-state index in [0.717, 1.165) is 12.1 Å². The lowest BCUT2D eigenvalue weighted by Crippen LogP contribution is -2.18. The predicted molar refractivity (Wildman–Crippen MR) is 73.4 cm³/mol. The molecule has 21 heavy (non-hydrogen) atoms. The fourth-order valence-electron chi connectivity index (χ4n) is 1.90. The highest BCUT2D eigenvalue weighted by Gasteiger charge is 2.53. The van der Waals surface area contributed by atoms with Gasteiger partial charge >= 0.3 is 0 Å². The number of hydrogen-bond donors (Lipinski definition) is 2. The van der Waals surface area contributed by atoms with Gasteiger partial charge in [-0.1, -0.05) is 6.92 Å². The standard InChI is InChI=1S/C12H14N2O6S/c1-2-21(19,20)7-3-4-11(15)9(5-7)13-12(16)8-6-10(8)14(17)18/h3-5,8,10,15H,2,6H2,1H3,(H,13,16)/t8-,10+/m0/s1.